The molecule has 0 spiro atoms. The van der Waals surface area contributed by atoms with Gasteiger partial charge in [0.25, 0.3) is 0 Å². The van der Waals surface area contributed by atoms with Crippen molar-refractivity contribution < 1.29 is 29.0 Å². The highest BCUT2D eigenvalue weighted by Crippen LogP contribution is 2.22. The molecule has 3 aromatic carbocycles. The van der Waals surface area contributed by atoms with E-state index in [2.05, 4.69) is 18.5 Å². The molecule has 2 N–H and O–H groups in total. The van der Waals surface area contributed by atoms with E-state index in [0.717, 1.165) is 35.3 Å². The molecule has 49 heavy (non-hydrogen) atoms. The van der Waals surface area contributed by atoms with Crippen LogP contribution in [0.25, 0.3) is 0 Å². The van der Waals surface area contributed by atoms with Crippen molar-refractivity contribution in [3.05, 3.63) is 127 Å². The molecule has 260 valence electrons. The molecule has 2 amide bonds. The standard InChI is InChI=1S/C41H50N2O6/c1-3-5-18-35(25-31-14-8-6-9-15-31)41(47)49-30-36(26-32-20-22-38(23-21-32)48-29-33-16-10-7-11-17-33)42-40(46)34(13-4-2)27-39(45)43-24-12-19-37(43)28-44/h3-4,6-11,14-17,20-23,34-37,44H,1-2,5,12-13,18-19,24-30H2,(H,42,46)/t34-,35-,36+,37+/m1/s1. The number of carbonyl (C=O) groups excluding carboxylic acids is 3. The highest BCUT2D eigenvalue weighted by atomic mass is 16.5. The van der Waals surface area contributed by atoms with Gasteiger partial charge in [0.15, 0.2) is 0 Å². The van der Waals surface area contributed by atoms with Gasteiger partial charge in [-0.15, -0.1) is 13.2 Å². The minimum atomic E-state index is -0.643. The third kappa shape index (κ3) is 12.1. The number of hydrogen-bond acceptors (Lipinski definition) is 6. The van der Waals surface area contributed by atoms with Gasteiger partial charge in [-0.1, -0.05) is 84.9 Å². The number of aliphatic hydroxyl groups is 1. The number of esters is 1. The predicted molar refractivity (Wildman–Crippen MR) is 192 cm³/mol. The average molecular weight is 667 g/mol. The first-order valence-corrected chi connectivity index (χ1v) is 17.3. The SMILES string of the molecule is C=CCC[C@H](Cc1ccccc1)C(=O)OC[C@H](Cc1ccc(OCc2ccccc2)cc1)NC(=O)[C@H](CC=C)CC(=O)N1CCC[C@H]1CO. The van der Waals surface area contributed by atoms with Gasteiger partial charge in [0.1, 0.15) is 19.0 Å². The number of carbonyl (C=O) groups is 3. The van der Waals surface area contributed by atoms with Crippen LogP contribution >= 0.6 is 0 Å². The lowest BCUT2D eigenvalue weighted by Gasteiger charge is -2.26. The van der Waals surface area contributed by atoms with Gasteiger partial charge >= 0.3 is 5.97 Å². The number of allylic oxidation sites excluding steroid dienone is 2. The molecule has 8 heteroatoms. The molecule has 0 bridgehead atoms. The molecule has 0 aliphatic carbocycles. The third-order valence-electron chi connectivity index (χ3n) is 8.96. The molecule has 0 unspecified atom stereocenters. The van der Waals surface area contributed by atoms with Crippen molar-refractivity contribution in [2.45, 2.75) is 70.1 Å². The highest BCUT2D eigenvalue weighted by molar-refractivity contribution is 5.86. The third-order valence-corrected chi connectivity index (χ3v) is 8.96. The topological polar surface area (TPSA) is 105 Å². The molecular weight excluding hydrogens is 616 g/mol. The van der Waals surface area contributed by atoms with Crippen molar-refractivity contribution in [2.75, 3.05) is 19.8 Å². The largest absolute Gasteiger partial charge is 0.489 e. The first-order valence-electron chi connectivity index (χ1n) is 17.3. The minimum absolute atomic E-state index is 0.00894. The molecule has 1 aliphatic heterocycles. The maximum atomic E-state index is 13.7. The second-order valence-corrected chi connectivity index (χ2v) is 12.7. The van der Waals surface area contributed by atoms with Crippen molar-refractivity contribution in [1.29, 1.82) is 0 Å². The van der Waals surface area contributed by atoms with E-state index in [1.165, 1.54) is 0 Å². The molecule has 1 heterocycles. The number of hydrogen-bond donors (Lipinski definition) is 2. The summed E-state index contributed by atoms with van der Waals surface area (Å²) in [7, 11) is 0. The van der Waals surface area contributed by atoms with Crippen LogP contribution in [0.5, 0.6) is 5.75 Å². The first-order chi connectivity index (χ1) is 23.9. The lowest BCUT2D eigenvalue weighted by atomic mass is 9.95. The lowest BCUT2D eigenvalue weighted by Crippen LogP contribution is -2.45. The molecule has 0 aromatic heterocycles. The molecule has 8 nitrogen and oxygen atoms in total. The highest BCUT2D eigenvalue weighted by Gasteiger charge is 2.32. The summed E-state index contributed by atoms with van der Waals surface area (Å²) in [4.78, 5) is 42.0. The van der Waals surface area contributed by atoms with Crippen molar-refractivity contribution in [3.63, 3.8) is 0 Å². The van der Waals surface area contributed by atoms with E-state index in [1.807, 2.05) is 84.9 Å². The molecule has 0 saturated carbocycles. The van der Waals surface area contributed by atoms with Crippen LogP contribution in [0, 0.1) is 11.8 Å². The summed E-state index contributed by atoms with van der Waals surface area (Å²) >= 11 is 0. The molecule has 1 aliphatic rings. The Morgan fingerprint density at radius 3 is 2.20 bits per heavy atom. The molecule has 0 radical (unpaired) electrons. The summed E-state index contributed by atoms with van der Waals surface area (Å²) in [5.74, 6) is -1.06. The molecular formula is C41H50N2O6. The quantitative estimate of drug-likeness (QED) is 0.110. The van der Waals surface area contributed by atoms with Gasteiger partial charge in [0, 0.05) is 13.0 Å². The van der Waals surface area contributed by atoms with E-state index >= 15 is 0 Å². The summed E-state index contributed by atoms with van der Waals surface area (Å²) in [6, 6.07) is 26.7. The van der Waals surface area contributed by atoms with Crippen molar-refractivity contribution in [3.8, 4) is 5.75 Å². The Hall–Kier alpha value is -4.69. The fourth-order valence-corrected chi connectivity index (χ4v) is 6.21. The fourth-order valence-electron chi connectivity index (χ4n) is 6.21. The van der Waals surface area contributed by atoms with Gasteiger partial charge in [-0.3, -0.25) is 14.4 Å². The zero-order chi connectivity index (χ0) is 34.8. The van der Waals surface area contributed by atoms with E-state index in [1.54, 1.807) is 17.1 Å². The number of nitrogens with zero attached hydrogens (tertiary/aromatic N) is 1. The number of ether oxygens (including phenoxy) is 2. The second-order valence-electron chi connectivity index (χ2n) is 12.7. The maximum absolute atomic E-state index is 13.7. The van der Waals surface area contributed by atoms with E-state index in [-0.39, 0.29) is 49.4 Å². The van der Waals surface area contributed by atoms with Crippen molar-refractivity contribution in [2.24, 2.45) is 11.8 Å². The van der Waals surface area contributed by atoms with Gasteiger partial charge in [-0.2, -0.15) is 0 Å². The number of nitrogens with one attached hydrogen (secondary N) is 1. The van der Waals surface area contributed by atoms with Crippen molar-refractivity contribution >= 4 is 17.8 Å². The van der Waals surface area contributed by atoms with Crippen LogP contribution in [0.4, 0.5) is 0 Å². The van der Waals surface area contributed by atoms with E-state index in [0.29, 0.717) is 45.3 Å². The number of benzene rings is 3. The molecule has 1 saturated heterocycles. The normalized spacial score (nSPS) is 15.9. The summed E-state index contributed by atoms with van der Waals surface area (Å²) in [6.45, 7) is 8.54. The van der Waals surface area contributed by atoms with Gasteiger partial charge in [0.2, 0.25) is 11.8 Å². The van der Waals surface area contributed by atoms with E-state index < -0.39 is 12.0 Å². The van der Waals surface area contributed by atoms with Crippen LogP contribution in [0.2, 0.25) is 0 Å². The van der Waals surface area contributed by atoms with Crippen LogP contribution in [0.15, 0.2) is 110 Å². The lowest BCUT2D eigenvalue weighted by molar-refractivity contribution is -0.150. The van der Waals surface area contributed by atoms with Crippen LogP contribution < -0.4 is 10.1 Å². The summed E-state index contributed by atoms with van der Waals surface area (Å²) < 4.78 is 11.9. The Morgan fingerprint density at radius 1 is 0.878 bits per heavy atom. The van der Waals surface area contributed by atoms with Gasteiger partial charge in [0.05, 0.1) is 30.5 Å². The fraction of sp³-hybridized carbons (Fsp3) is 0.390. The maximum Gasteiger partial charge on any atom is 0.309 e. The molecule has 3 aromatic rings. The molecule has 4 rings (SSSR count). The summed E-state index contributed by atoms with van der Waals surface area (Å²) in [6.07, 6.45) is 7.58. The Kier molecular flexibility index (Phi) is 15.1. The zero-order valence-electron chi connectivity index (χ0n) is 28.4. The predicted octanol–water partition coefficient (Wildman–Crippen LogP) is 6.23. The number of likely N-dealkylation sites (tertiary alicyclic amines) is 1. The Morgan fingerprint density at radius 2 is 1.55 bits per heavy atom. The molecule has 1 fully saturated rings. The van der Waals surface area contributed by atoms with Crippen LogP contribution in [0.1, 0.15) is 55.2 Å². The van der Waals surface area contributed by atoms with E-state index in [9.17, 15) is 19.5 Å². The van der Waals surface area contributed by atoms with E-state index in [4.69, 9.17) is 9.47 Å². The van der Waals surface area contributed by atoms with Gasteiger partial charge in [-0.05, 0) is 73.8 Å². The van der Waals surface area contributed by atoms with Gasteiger partial charge in [-0.25, -0.2) is 0 Å². The Labute approximate surface area is 290 Å². The van der Waals surface area contributed by atoms with Crippen LogP contribution in [-0.2, 0) is 38.6 Å². The smallest absolute Gasteiger partial charge is 0.309 e. The number of aliphatic hydroxyl groups excluding tert-OH is 1. The van der Waals surface area contributed by atoms with Crippen LogP contribution in [0.3, 0.4) is 0 Å². The zero-order valence-corrected chi connectivity index (χ0v) is 28.4. The molecule has 4 atom stereocenters. The van der Waals surface area contributed by atoms with Gasteiger partial charge < -0.3 is 24.8 Å². The second kappa shape index (κ2) is 20.0. The number of amides is 2. The monoisotopic (exact) mass is 666 g/mol. The first kappa shape index (κ1) is 37.1. The number of rotatable bonds is 20. The average Bonchev–Trinajstić information content (AvgIpc) is 3.62. The summed E-state index contributed by atoms with van der Waals surface area (Å²) in [5.41, 5.74) is 3.05. The Balaban J connectivity index is 1.45. The summed E-state index contributed by atoms with van der Waals surface area (Å²) in [5, 5.41) is 12.8. The van der Waals surface area contributed by atoms with Crippen molar-refractivity contribution in [1.82, 2.24) is 10.2 Å². The Bertz CT molecular complexity index is 1480. The minimum Gasteiger partial charge on any atom is -0.489 e. The van der Waals surface area contributed by atoms with Crippen LogP contribution in [-0.4, -0.2) is 59.6 Å².